The van der Waals surface area contributed by atoms with Crippen molar-refractivity contribution in [2.45, 2.75) is 25.7 Å². The van der Waals surface area contributed by atoms with E-state index in [-0.39, 0.29) is 11.6 Å². The maximum absolute atomic E-state index is 12.9. The Morgan fingerprint density at radius 2 is 1.93 bits per heavy atom. The number of carboxylic acids is 1. The van der Waals surface area contributed by atoms with Crippen LogP contribution in [0.2, 0.25) is 0 Å². The summed E-state index contributed by atoms with van der Waals surface area (Å²) in [5, 5.41) is 16.2. The number of carbonyl (C=O) groups excluding carboxylic acids is 1. The van der Waals surface area contributed by atoms with Crippen LogP contribution in [0.5, 0.6) is 0 Å². The number of rotatable bonds is 6. The van der Waals surface area contributed by atoms with E-state index in [0.717, 1.165) is 58.8 Å². The largest absolute Gasteiger partial charge is 0.476 e. The van der Waals surface area contributed by atoms with Gasteiger partial charge >= 0.3 is 5.97 Å². The van der Waals surface area contributed by atoms with E-state index in [0.29, 0.717) is 22.4 Å². The second kappa shape index (κ2) is 8.92. The fourth-order valence-corrected chi connectivity index (χ4v) is 4.35. The summed E-state index contributed by atoms with van der Waals surface area (Å²) in [6.07, 6.45) is 4.47. The lowest BCUT2D eigenvalue weighted by molar-refractivity contribution is 0.0361. The quantitative estimate of drug-likeness (QED) is 0.772. The number of aromatic amines is 1. The van der Waals surface area contributed by atoms with Crippen molar-refractivity contribution in [1.29, 1.82) is 0 Å². The third kappa shape index (κ3) is 4.59. The molecule has 8 nitrogen and oxygen atoms in total. The number of aromatic carboxylic acids is 1. The Balaban J connectivity index is 1.29. The lowest BCUT2D eigenvalue weighted by atomic mass is 9.91. The van der Waals surface area contributed by atoms with Crippen LogP contribution in [0.1, 0.15) is 46.5 Å². The van der Waals surface area contributed by atoms with Gasteiger partial charge in [0.05, 0.1) is 18.7 Å². The number of carboxylic acid groups (broad SMARTS) is 1. The van der Waals surface area contributed by atoms with Crippen LogP contribution in [-0.4, -0.2) is 82.9 Å². The Labute approximate surface area is 169 Å². The van der Waals surface area contributed by atoms with Gasteiger partial charge in [-0.1, -0.05) is 0 Å². The normalized spacial score (nSPS) is 19.0. The van der Waals surface area contributed by atoms with Gasteiger partial charge < -0.3 is 14.7 Å². The first-order valence-electron chi connectivity index (χ1n) is 10.4. The van der Waals surface area contributed by atoms with Crippen LogP contribution < -0.4 is 0 Å². The molecule has 8 heteroatoms. The van der Waals surface area contributed by atoms with E-state index in [4.69, 9.17) is 4.74 Å². The predicted molar refractivity (Wildman–Crippen MR) is 108 cm³/mol. The lowest BCUT2D eigenvalue weighted by Gasteiger charge is -2.33. The number of aromatic nitrogens is 2. The second-order valence-electron chi connectivity index (χ2n) is 7.97. The van der Waals surface area contributed by atoms with Gasteiger partial charge in [0.2, 0.25) is 0 Å². The summed E-state index contributed by atoms with van der Waals surface area (Å²) < 4.78 is 5.39. The third-order valence-electron chi connectivity index (χ3n) is 6.10. The van der Waals surface area contributed by atoms with Gasteiger partial charge in [-0.15, -0.1) is 0 Å². The Kier molecular flexibility index (Phi) is 6.10. The van der Waals surface area contributed by atoms with Gasteiger partial charge in [-0.25, -0.2) is 4.79 Å². The molecule has 2 aromatic rings. The smallest absolute Gasteiger partial charge is 0.357 e. The number of H-pyrrole nitrogens is 1. The molecular formula is C21H28N4O4. The molecule has 1 aromatic heterocycles. The first-order chi connectivity index (χ1) is 14.1. The van der Waals surface area contributed by atoms with Crippen molar-refractivity contribution in [1.82, 2.24) is 20.0 Å². The average molecular weight is 400 g/mol. The molecule has 2 N–H and O–H groups in total. The Morgan fingerprint density at radius 3 is 2.66 bits per heavy atom. The van der Waals surface area contributed by atoms with Gasteiger partial charge in [0, 0.05) is 37.1 Å². The summed E-state index contributed by atoms with van der Waals surface area (Å²) >= 11 is 0. The number of morpholine rings is 1. The highest BCUT2D eigenvalue weighted by atomic mass is 16.5. The van der Waals surface area contributed by atoms with Crippen molar-refractivity contribution in [2.24, 2.45) is 5.92 Å². The standard InChI is InChI=1S/C21H28N4O4/c26-20(16-3-4-18-17(14-16)19(21(27)28)23-22-18)25-8-5-15(6-9-25)2-1-7-24-10-12-29-13-11-24/h3-4,14-15H,1-2,5-13H2,(H,22,23)(H,27,28). The van der Waals surface area contributed by atoms with Gasteiger partial charge in [0.1, 0.15) is 0 Å². The number of likely N-dealkylation sites (tertiary alicyclic amines) is 1. The van der Waals surface area contributed by atoms with Gasteiger partial charge in [-0.3, -0.25) is 14.8 Å². The van der Waals surface area contributed by atoms with Gasteiger partial charge in [-0.2, -0.15) is 5.10 Å². The number of nitrogens with zero attached hydrogens (tertiary/aromatic N) is 3. The minimum absolute atomic E-state index is 0.0313. The second-order valence-corrected chi connectivity index (χ2v) is 7.97. The summed E-state index contributed by atoms with van der Waals surface area (Å²) in [4.78, 5) is 28.6. The predicted octanol–water partition coefficient (Wildman–Crippen LogP) is 2.23. The summed E-state index contributed by atoms with van der Waals surface area (Å²) in [6.45, 7) is 6.43. The lowest BCUT2D eigenvalue weighted by Crippen LogP contribution is -2.39. The van der Waals surface area contributed by atoms with E-state index in [1.165, 1.54) is 12.8 Å². The molecule has 0 saturated carbocycles. The zero-order valence-corrected chi connectivity index (χ0v) is 16.6. The van der Waals surface area contributed by atoms with E-state index >= 15 is 0 Å². The van der Waals surface area contributed by atoms with Crippen LogP contribution in [-0.2, 0) is 4.74 Å². The first-order valence-corrected chi connectivity index (χ1v) is 10.4. The number of ether oxygens (including phenoxy) is 1. The monoisotopic (exact) mass is 400 g/mol. The highest BCUT2D eigenvalue weighted by Gasteiger charge is 2.24. The van der Waals surface area contributed by atoms with Gasteiger partial charge in [0.25, 0.3) is 5.91 Å². The van der Waals surface area contributed by atoms with Crippen molar-refractivity contribution < 1.29 is 19.4 Å². The van der Waals surface area contributed by atoms with Gasteiger partial charge in [-0.05, 0) is 56.3 Å². The SMILES string of the molecule is O=C(O)c1n[nH]c2ccc(C(=O)N3CCC(CCCN4CCOCC4)CC3)cc12. The highest BCUT2D eigenvalue weighted by Crippen LogP contribution is 2.25. The summed E-state index contributed by atoms with van der Waals surface area (Å²) in [5.74, 6) is -0.454. The fraction of sp³-hybridized carbons (Fsp3) is 0.571. The number of fused-ring (bicyclic) bond motifs is 1. The van der Waals surface area contributed by atoms with Crippen LogP contribution in [0.25, 0.3) is 10.9 Å². The first kappa shape index (κ1) is 19.8. The molecular weight excluding hydrogens is 372 g/mol. The van der Waals surface area contributed by atoms with Crippen LogP contribution in [0.4, 0.5) is 0 Å². The Morgan fingerprint density at radius 1 is 1.17 bits per heavy atom. The Bertz CT molecular complexity index is 867. The molecule has 156 valence electrons. The van der Waals surface area contributed by atoms with Crippen LogP contribution in [0, 0.1) is 5.92 Å². The molecule has 1 aromatic carbocycles. The molecule has 29 heavy (non-hydrogen) atoms. The molecule has 0 aliphatic carbocycles. The van der Waals surface area contributed by atoms with E-state index in [1.807, 2.05) is 4.90 Å². The molecule has 2 aliphatic heterocycles. The molecule has 0 spiro atoms. The molecule has 0 bridgehead atoms. The summed E-state index contributed by atoms with van der Waals surface area (Å²) in [5.41, 5.74) is 1.10. The molecule has 0 radical (unpaired) electrons. The molecule has 3 heterocycles. The molecule has 1 amide bonds. The molecule has 2 fully saturated rings. The topological polar surface area (TPSA) is 98.8 Å². The van der Waals surface area contributed by atoms with E-state index in [9.17, 15) is 14.7 Å². The van der Waals surface area contributed by atoms with Crippen LogP contribution in [0.15, 0.2) is 18.2 Å². The van der Waals surface area contributed by atoms with Crippen molar-refractivity contribution >= 4 is 22.8 Å². The molecule has 2 saturated heterocycles. The van der Waals surface area contributed by atoms with Crippen molar-refractivity contribution in [3.8, 4) is 0 Å². The number of hydrogen-bond donors (Lipinski definition) is 2. The van der Waals surface area contributed by atoms with Crippen molar-refractivity contribution in [3.63, 3.8) is 0 Å². The number of carbonyl (C=O) groups is 2. The van der Waals surface area contributed by atoms with Crippen LogP contribution >= 0.6 is 0 Å². The van der Waals surface area contributed by atoms with E-state index in [2.05, 4.69) is 15.1 Å². The maximum atomic E-state index is 12.9. The number of hydrogen-bond acceptors (Lipinski definition) is 5. The zero-order chi connectivity index (χ0) is 20.2. The number of piperidine rings is 1. The van der Waals surface area contributed by atoms with Gasteiger partial charge in [0.15, 0.2) is 5.69 Å². The van der Waals surface area contributed by atoms with Crippen molar-refractivity contribution in [2.75, 3.05) is 45.9 Å². The zero-order valence-electron chi connectivity index (χ0n) is 16.6. The molecule has 0 atom stereocenters. The highest BCUT2D eigenvalue weighted by molar-refractivity contribution is 6.04. The average Bonchev–Trinajstić information content (AvgIpc) is 3.18. The van der Waals surface area contributed by atoms with Crippen molar-refractivity contribution in [3.05, 3.63) is 29.5 Å². The third-order valence-corrected chi connectivity index (χ3v) is 6.10. The summed E-state index contributed by atoms with van der Waals surface area (Å²) in [7, 11) is 0. The number of nitrogens with one attached hydrogen (secondary N) is 1. The maximum Gasteiger partial charge on any atom is 0.357 e. The van der Waals surface area contributed by atoms with E-state index in [1.54, 1.807) is 18.2 Å². The fourth-order valence-electron chi connectivity index (χ4n) is 4.35. The van der Waals surface area contributed by atoms with E-state index < -0.39 is 5.97 Å². The minimum atomic E-state index is -1.10. The molecule has 4 rings (SSSR count). The molecule has 2 aliphatic rings. The molecule has 0 unspecified atom stereocenters. The number of benzene rings is 1. The minimum Gasteiger partial charge on any atom is -0.476 e. The summed E-state index contributed by atoms with van der Waals surface area (Å²) in [6, 6.07) is 5.10. The number of amides is 1. The Hall–Kier alpha value is -2.45. The van der Waals surface area contributed by atoms with Crippen LogP contribution in [0.3, 0.4) is 0 Å².